The molecule has 0 aliphatic heterocycles. The van der Waals surface area contributed by atoms with E-state index in [2.05, 4.69) is 32.4 Å². The molecule has 192 valence electrons. The number of hydrogen-bond acceptors (Lipinski definition) is 9. The third-order valence-corrected chi connectivity index (χ3v) is 8.37. The average molecular weight is 538 g/mol. The van der Waals surface area contributed by atoms with Crippen molar-refractivity contribution in [2.45, 2.75) is 50.4 Å². The first-order chi connectivity index (χ1) is 18.1. The number of aromatic nitrogens is 6. The van der Waals surface area contributed by atoms with Gasteiger partial charge in [-0.3, -0.25) is 4.79 Å². The third kappa shape index (κ3) is 5.30. The maximum absolute atomic E-state index is 12.8. The van der Waals surface area contributed by atoms with Gasteiger partial charge in [0, 0.05) is 23.6 Å². The highest BCUT2D eigenvalue weighted by atomic mass is 32.2. The number of esters is 1. The SMILES string of the molecule is C=CCn1c(Cn2nnc3ccccc32)nnc1SCCC(=O)Nc1sc2c(c1C(=O)OC)CCCC2. The average Bonchev–Trinajstić information content (AvgIpc) is 3.60. The van der Waals surface area contributed by atoms with Crippen molar-refractivity contribution in [3.8, 4) is 0 Å². The highest BCUT2D eigenvalue weighted by Gasteiger charge is 2.27. The zero-order valence-corrected chi connectivity index (χ0v) is 22.1. The Bertz CT molecular complexity index is 1460. The minimum atomic E-state index is -0.394. The smallest absolute Gasteiger partial charge is 0.341 e. The van der Waals surface area contributed by atoms with Gasteiger partial charge < -0.3 is 14.6 Å². The molecule has 0 saturated heterocycles. The number of para-hydroxylation sites is 1. The van der Waals surface area contributed by atoms with Crippen LogP contribution in [0.3, 0.4) is 0 Å². The summed E-state index contributed by atoms with van der Waals surface area (Å²) in [7, 11) is 1.37. The number of carbonyl (C=O) groups excluding carboxylic acids is 2. The summed E-state index contributed by atoms with van der Waals surface area (Å²) in [5.74, 6) is 0.690. The van der Waals surface area contributed by atoms with Crippen molar-refractivity contribution in [3.05, 3.63) is 58.7 Å². The lowest BCUT2D eigenvalue weighted by molar-refractivity contribution is -0.115. The fraction of sp³-hybridized carbons (Fsp3) is 0.360. The Morgan fingerprint density at radius 3 is 2.89 bits per heavy atom. The van der Waals surface area contributed by atoms with Crippen LogP contribution in [0.25, 0.3) is 11.0 Å². The van der Waals surface area contributed by atoms with Crippen LogP contribution in [0.5, 0.6) is 0 Å². The van der Waals surface area contributed by atoms with Gasteiger partial charge in [-0.25, -0.2) is 9.48 Å². The number of thioether (sulfide) groups is 1. The lowest BCUT2D eigenvalue weighted by Crippen LogP contribution is -2.15. The minimum Gasteiger partial charge on any atom is -0.465 e. The van der Waals surface area contributed by atoms with Crippen molar-refractivity contribution >= 4 is 51.0 Å². The number of nitrogens with zero attached hydrogens (tertiary/aromatic N) is 6. The number of methoxy groups -OCH3 is 1. The second-order valence-corrected chi connectivity index (χ2v) is 10.8. The molecule has 4 aromatic rings. The largest absolute Gasteiger partial charge is 0.465 e. The van der Waals surface area contributed by atoms with Gasteiger partial charge in [0.05, 0.1) is 18.2 Å². The number of benzene rings is 1. The number of rotatable bonds is 10. The Hall–Kier alpha value is -3.51. The van der Waals surface area contributed by atoms with E-state index in [1.165, 1.54) is 35.1 Å². The molecular weight excluding hydrogens is 510 g/mol. The zero-order chi connectivity index (χ0) is 25.8. The van der Waals surface area contributed by atoms with E-state index >= 15 is 0 Å². The maximum Gasteiger partial charge on any atom is 0.341 e. The molecule has 1 amide bonds. The van der Waals surface area contributed by atoms with Crippen LogP contribution in [-0.2, 0) is 35.5 Å². The van der Waals surface area contributed by atoms with E-state index in [4.69, 9.17) is 4.74 Å². The van der Waals surface area contributed by atoms with Gasteiger partial charge in [-0.15, -0.1) is 33.2 Å². The van der Waals surface area contributed by atoms with Crippen LogP contribution >= 0.6 is 23.1 Å². The highest BCUT2D eigenvalue weighted by Crippen LogP contribution is 2.38. The van der Waals surface area contributed by atoms with E-state index in [1.807, 2.05) is 28.8 Å². The molecule has 12 heteroatoms. The monoisotopic (exact) mass is 537 g/mol. The molecule has 5 rings (SSSR count). The lowest BCUT2D eigenvalue weighted by Gasteiger charge is -2.11. The summed E-state index contributed by atoms with van der Waals surface area (Å²) >= 11 is 2.94. The molecule has 37 heavy (non-hydrogen) atoms. The Balaban J connectivity index is 1.24. The van der Waals surface area contributed by atoms with Crippen LogP contribution in [0, 0.1) is 0 Å². The van der Waals surface area contributed by atoms with Crippen molar-refractivity contribution in [2.75, 3.05) is 18.2 Å². The molecule has 0 radical (unpaired) electrons. The fourth-order valence-corrected chi connectivity index (χ4v) is 6.62. The second-order valence-electron chi connectivity index (χ2n) is 8.59. The van der Waals surface area contributed by atoms with Crippen molar-refractivity contribution < 1.29 is 14.3 Å². The highest BCUT2D eigenvalue weighted by molar-refractivity contribution is 7.99. The standard InChI is InChI=1S/C25H27N7O3S2/c1-3-13-31-20(15-32-18-10-6-5-9-17(18)27-30-32)28-29-25(31)36-14-12-21(33)26-23-22(24(34)35-2)16-8-4-7-11-19(16)37-23/h3,5-6,9-10H,1,4,7-8,11-15H2,2H3,(H,26,33). The summed E-state index contributed by atoms with van der Waals surface area (Å²) in [5.41, 5.74) is 3.28. The van der Waals surface area contributed by atoms with Gasteiger partial charge in [-0.1, -0.05) is 35.2 Å². The number of aryl methyl sites for hydroxylation is 1. The van der Waals surface area contributed by atoms with Gasteiger partial charge in [-0.05, 0) is 43.4 Å². The predicted octanol–water partition coefficient (Wildman–Crippen LogP) is 4.10. The lowest BCUT2D eigenvalue weighted by atomic mass is 9.95. The van der Waals surface area contributed by atoms with E-state index in [0.717, 1.165) is 48.1 Å². The van der Waals surface area contributed by atoms with Crippen molar-refractivity contribution in [2.24, 2.45) is 0 Å². The number of carbonyl (C=O) groups is 2. The summed E-state index contributed by atoms with van der Waals surface area (Å²) in [6.07, 6.45) is 5.96. The first-order valence-electron chi connectivity index (χ1n) is 12.1. The van der Waals surface area contributed by atoms with Crippen LogP contribution in [0.1, 0.15) is 45.9 Å². The quantitative estimate of drug-likeness (QED) is 0.183. The second kappa shape index (κ2) is 11.3. The van der Waals surface area contributed by atoms with Crippen LogP contribution < -0.4 is 5.32 Å². The summed E-state index contributed by atoms with van der Waals surface area (Å²) in [6.45, 7) is 4.81. The summed E-state index contributed by atoms with van der Waals surface area (Å²) in [4.78, 5) is 26.4. The minimum absolute atomic E-state index is 0.152. The van der Waals surface area contributed by atoms with E-state index in [9.17, 15) is 9.59 Å². The van der Waals surface area contributed by atoms with E-state index in [-0.39, 0.29) is 12.3 Å². The Labute approximate surface area is 222 Å². The molecule has 0 unspecified atom stereocenters. The van der Waals surface area contributed by atoms with Crippen LogP contribution in [0.15, 0.2) is 42.1 Å². The number of allylic oxidation sites excluding steroid dienone is 1. The van der Waals surface area contributed by atoms with Crippen molar-refractivity contribution in [1.82, 2.24) is 29.8 Å². The number of nitrogens with one attached hydrogen (secondary N) is 1. The van der Waals surface area contributed by atoms with Gasteiger partial charge in [-0.2, -0.15) is 0 Å². The maximum atomic E-state index is 12.8. The molecule has 0 bridgehead atoms. The van der Waals surface area contributed by atoms with Gasteiger partial charge >= 0.3 is 5.97 Å². The topological polar surface area (TPSA) is 117 Å². The van der Waals surface area contributed by atoms with Crippen molar-refractivity contribution in [1.29, 1.82) is 0 Å². The van der Waals surface area contributed by atoms with Gasteiger partial charge in [0.2, 0.25) is 5.91 Å². The molecule has 0 spiro atoms. The Kier molecular flexibility index (Phi) is 7.65. The Morgan fingerprint density at radius 1 is 1.22 bits per heavy atom. The molecule has 0 saturated carbocycles. The molecule has 3 aromatic heterocycles. The van der Waals surface area contributed by atoms with Gasteiger partial charge in [0.25, 0.3) is 0 Å². The first-order valence-corrected chi connectivity index (χ1v) is 13.9. The summed E-state index contributed by atoms with van der Waals surface area (Å²) in [6, 6.07) is 7.75. The first kappa shape index (κ1) is 25.2. The molecule has 1 N–H and O–H groups in total. The van der Waals surface area contributed by atoms with E-state index in [1.54, 1.807) is 10.8 Å². The molecule has 0 fully saturated rings. The number of anilines is 1. The Morgan fingerprint density at radius 2 is 2.05 bits per heavy atom. The fourth-order valence-electron chi connectivity index (χ4n) is 4.42. The van der Waals surface area contributed by atoms with Crippen LogP contribution in [-0.4, -0.2) is 54.5 Å². The number of thiophene rings is 1. The number of fused-ring (bicyclic) bond motifs is 2. The number of hydrogen-bond donors (Lipinski definition) is 1. The zero-order valence-electron chi connectivity index (χ0n) is 20.5. The van der Waals surface area contributed by atoms with Gasteiger partial charge in [0.15, 0.2) is 11.0 Å². The molecule has 3 heterocycles. The molecule has 1 aliphatic rings. The summed E-state index contributed by atoms with van der Waals surface area (Å²) < 4.78 is 8.76. The molecular formula is C25H27N7O3S2. The normalized spacial score (nSPS) is 12.9. The molecule has 10 nitrogen and oxygen atoms in total. The molecule has 0 atom stereocenters. The number of amides is 1. The van der Waals surface area contributed by atoms with Crippen LogP contribution in [0.4, 0.5) is 5.00 Å². The van der Waals surface area contributed by atoms with Gasteiger partial charge in [0.1, 0.15) is 17.1 Å². The predicted molar refractivity (Wildman–Crippen MR) is 143 cm³/mol. The van der Waals surface area contributed by atoms with Crippen LogP contribution in [0.2, 0.25) is 0 Å². The van der Waals surface area contributed by atoms with Crippen molar-refractivity contribution in [3.63, 3.8) is 0 Å². The number of ether oxygens (including phenoxy) is 1. The molecule has 1 aromatic carbocycles. The summed E-state index contributed by atoms with van der Waals surface area (Å²) in [5, 5.41) is 21.4. The van der Waals surface area contributed by atoms with E-state index < -0.39 is 5.97 Å². The molecule has 1 aliphatic carbocycles. The third-order valence-electron chi connectivity index (χ3n) is 6.19. The van der Waals surface area contributed by atoms with E-state index in [0.29, 0.717) is 34.6 Å².